The molecule has 0 radical (unpaired) electrons. The predicted octanol–water partition coefficient (Wildman–Crippen LogP) is 2.59. The SMILES string of the molecule is CCOC(=O)c1ccc(NCC2CC2)c([N+](=O)[O-])c1. The molecule has 6 heteroatoms. The van der Waals surface area contributed by atoms with Crippen LogP contribution in [0.1, 0.15) is 30.1 Å². The topological polar surface area (TPSA) is 81.5 Å². The Kier molecular flexibility index (Phi) is 3.99. The van der Waals surface area contributed by atoms with Gasteiger partial charge in [-0.3, -0.25) is 10.1 Å². The molecular formula is C13H16N2O4. The molecule has 0 unspecified atom stereocenters. The number of ether oxygens (including phenoxy) is 1. The Morgan fingerprint density at radius 3 is 2.84 bits per heavy atom. The van der Waals surface area contributed by atoms with Crippen molar-refractivity contribution < 1.29 is 14.5 Å². The summed E-state index contributed by atoms with van der Waals surface area (Å²) in [6.07, 6.45) is 2.34. The van der Waals surface area contributed by atoms with Crippen LogP contribution in [-0.2, 0) is 4.74 Å². The van der Waals surface area contributed by atoms with Crippen LogP contribution in [0.2, 0.25) is 0 Å². The van der Waals surface area contributed by atoms with Gasteiger partial charge in [0.25, 0.3) is 5.69 Å². The van der Waals surface area contributed by atoms with Crippen LogP contribution in [0.25, 0.3) is 0 Å². The van der Waals surface area contributed by atoms with Gasteiger partial charge < -0.3 is 10.1 Å². The van der Waals surface area contributed by atoms with Crippen LogP contribution in [0.4, 0.5) is 11.4 Å². The van der Waals surface area contributed by atoms with Crippen molar-refractivity contribution >= 4 is 17.3 Å². The number of rotatable bonds is 6. The number of anilines is 1. The second-order valence-electron chi connectivity index (χ2n) is 4.53. The van der Waals surface area contributed by atoms with E-state index in [9.17, 15) is 14.9 Å². The predicted molar refractivity (Wildman–Crippen MR) is 70.3 cm³/mol. The third-order valence-electron chi connectivity index (χ3n) is 2.98. The van der Waals surface area contributed by atoms with E-state index in [0.717, 1.165) is 6.54 Å². The van der Waals surface area contributed by atoms with Gasteiger partial charge in [-0.25, -0.2) is 4.79 Å². The largest absolute Gasteiger partial charge is 0.462 e. The van der Waals surface area contributed by atoms with Crippen LogP contribution >= 0.6 is 0 Å². The Morgan fingerprint density at radius 1 is 1.53 bits per heavy atom. The first-order valence-corrected chi connectivity index (χ1v) is 6.31. The Bertz CT molecular complexity index is 497. The van der Waals surface area contributed by atoms with Gasteiger partial charge in [0.15, 0.2) is 0 Å². The number of carbonyl (C=O) groups is 1. The molecule has 0 saturated heterocycles. The van der Waals surface area contributed by atoms with Crippen molar-refractivity contribution in [3.63, 3.8) is 0 Å². The monoisotopic (exact) mass is 264 g/mol. The lowest BCUT2D eigenvalue weighted by atomic mass is 10.1. The lowest BCUT2D eigenvalue weighted by Crippen LogP contribution is -2.08. The Morgan fingerprint density at radius 2 is 2.26 bits per heavy atom. The van der Waals surface area contributed by atoms with Crippen LogP contribution < -0.4 is 5.32 Å². The standard InChI is InChI=1S/C13H16N2O4/c1-2-19-13(16)10-5-6-11(12(7-10)15(17)18)14-8-9-3-4-9/h5-7,9,14H,2-4,8H2,1H3. The summed E-state index contributed by atoms with van der Waals surface area (Å²) in [5.74, 6) is 0.0729. The Labute approximate surface area is 110 Å². The highest BCUT2D eigenvalue weighted by atomic mass is 16.6. The summed E-state index contributed by atoms with van der Waals surface area (Å²) >= 11 is 0. The van der Waals surface area contributed by atoms with Crippen molar-refractivity contribution in [2.24, 2.45) is 5.92 Å². The molecule has 2 rings (SSSR count). The zero-order valence-corrected chi connectivity index (χ0v) is 10.7. The summed E-state index contributed by atoms with van der Waals surface area (Å²) in [6.45, 7) is 2.67. The smallest absolute Gasteiger partial charge is 0.338 e. The summed E-state index contributed by atoms with van der Waals surface area (Å²) in [7, 11) is 0. The highest BCUT2D eigenvalue weighted by molar-refractivity contribution is 5.91. The fraction of sp³-hybridized carbons (Fsp3) is 0.462. The van der Waals surface area contributed by atoms with Crippen molar-refractivity contribution in [3.05, 3.63) is 33.9 Å². The number of hydrogen-bond acceptors (Lipinski definition) is 5. The van der Waals surface area contributed by atoms with E-state index in [1.807, 2.05) is 0 Å². The molecule has 102 valence electrons. The highest BCUT2D eigenvalue weighted by Gasteiger charge is 2.23. The van der Waals surface area contributed by atoms with Gasteiger partial charge in [-0.1, -0.05) is 0 Å². The third kappa shape index (κ3) is 3.43. The molecule has 1 aromatic carbocycles. The molecule has 0 bridgehead atoms. The lowest BCUT2D eigenvalue weighted by molar-refractivity contribution is -0.384. The molecule has 0 aliphatic heterocycles. The molecule has 0 atom stereocenters. The van der Waals surface area contributed by atoms with Gasteiger partial charge in [-0.2, -0.15) is 0 Å². The molecule has 1 aliphatic carbocycles. The van der Waals surface area contributed by atoms with Crippen LogP contribution in [-0.4, -0.2) is 24.0 Å². The van der Waals surface area contributed by atoms with E-state index in [1.54, 1.807) is 19.1 Å². The highest BCUT2D eigenvalue weighted by Crippen LogP contribution is 2.31. The molecule has 1 aromatic rings. The number of esters is 1. The van der Waals surface area contributed by atoms with Gasteiger partial charge in [0.2, 0.25) is 0 Å². The van der Waals surface area contributed by atoms with Gasteiger partial charge in [0.05, 0.1) is 17.1 Å². The van der Waals surface area contributed by atoms with E-state index < -0.39 is 10.9 Å². The maximum Gasteiger partial charge on any atom is 0.338 e. The van der Waals surface area contributed by atoms with E-state index in [2.05, 4.69) is 5.32 Å². The zero-order chi connectivity index (χ0) is 13.8. The first-order valence-electron chi connectivity index (χ1n) is 6.31. The number of nitrogens with zero attached hydrogens (tertiary/aromatic N) is 1. The van der Waals surface area contributed by atoms with Crippen LogP contribution in [0, 0.1) is 16.0 Å². The molecular weight excluding hydrogens is 248 g/mol. The normalized spacial score (nSPS) is 13.9. The minimum absolute atomic E-state index is 0.0915. The third-order valence-corrected chi connectivity index (χ3v) is 2.98. The summed E-state index contributed by atoms with van der Waals surface area (Å²) < 4.78 is 4.83. The van der Waals surface area contributed by atoms with E-state index in [4.69, 9.17) is 4.74 Å². The van der Waals surface area contributed by atoms with Gasteiger partial charge in [-0.15, -0.1) is 0 Å². The average molecular weight is 264 g/mol. The number of benzene rings is 1. The van der Waals surface area contributed by atoms with Crippen LogP contribution in [0.5, 0.6) is 0 Å². The molecule has 19 heavy (non-hydrogen) atoms. The number of carbonyl (C=O) groups excluding carboxylic acids is 1. The molecule has 1 fully saturated rings. The van der Waals surface area contributed by atoms with E-state index in [0.29, 0.717) is 11.6 Å². The quantitative estimate of drug-likeness (QED) is 0.485. The fourth-order valence-electron chi connectivity index (χ4n) is 1.75. The van der Waals surface area contributed by atoms with Crippen molar-refractivity contribution in [2.45, 2.75) is 19.8 Å². The first-order chi connectivity index (χ1) is 9.11. The molecule has 1 saturated carbocycles. The number of hydrogen-bond donors (Lipinski definition) is 1. The van der Waals surface area contributed by atoms with Crippen molar-refractivity contribution in [3.8, 4) is 0 Å². The van der Waals surface area contributed by atoms with Crippen LogP contribution in [0.15, 0.2) is 18.2 Å². The number of nitro benzene ring substituents is 1. The van der Waals surface area contributed by atoms with Gasteiger partial charge >= 0.3 is 5.97 Å². The van der Waals surface area contributed by atoms with Gasteiger partial charge in [0.1, 0.15) is 5.69 Å². The summed E-state index contributed by atoms with van der Waals surface area (Å²) in [5, 5.41) is 14.1. The minimum Gasteiger partial charge on any atom is -0.462 e. The van der Waals surface area contributed by atoms with Gasteiger partial charge in [-0.05, 0) is 37.8 Å². The first kappa shape index (κ1) is 13.3. The van der Waals surface area contributed by atoms with E-state index >= 15 is 0 Å². The molecule has 1 N–H and O–H groups in total. The summed E-state index contributed by atoms with van der Waals surface area (Å²) in [5.41, 5.74) is 0.557. The maximum atomic E-state index is 11.5. The molecule has 0 spiro atoms. The number of nitro groups is 1. The fourth-order valence-corrected chi connectivity index (χ4v) is 1.75. The molecule has 0 heterocycles. The summed E-state index contributed by atoms with van der Waals surface area (Å²) in [6, 6.07) is 4.36. The second-order valence-corrected chi connectivity index (χ2v) is 4.53. The molecule has 6 nitrogen and oxygen atoms in total. The average Bonchev–Trinajstić information content (AvgIpc) is 3.20. The zero-order valence-electron chi connectivity index (χ0n) is 10.7. The maximum absolute atomic E-state index is 11.5. The lowest BCUT2D eigenvalue weighted by Gasteiger charge is -2.08. The molecule has 0 amide bonds. The second kappa shape index (κ2) is 5.69. The van der Waals surface area contributed by atoms with Crippen molar-refractivity contribution in [1.29, 1.82) is 0 Å². The number of nitrogens with one attached hydrogen (secondary N) is 1. The minimum atomic E-state index is -0.542. The van der Waals surface area contributed by atoms with Gasteiger partial charge in [0, 0.05) is 12.6 Å². The van der Waals surface area contributed by atoms with E-state index in [-0.39, 0.29) is 17.9 Å². The molecule has 0 aromatic heterocycles. The summed E-state index contributed by atoms with van der Waals surface area (Å²) in [4.78, 5) is 22.1. The Hall–Kier alpha value is -2.11. The van der Waals surface area contributed by atoms with Crippen LogP contribution in [0.3, 0.4) is 0 Å². The Balaban J connectivity index is 2.18. The van der Waals surface area contributed by atoms with Crippen molar-refractivity contribution in [1.82, 2.24) is 0 Å². The van der Waals surface area contributed by atoms with Crippen molar-refractivity contribution in [2.75, 3.05) is 18.5 Å². The molecule has 1 aliphatic rings. The van der Waals surface area contributed by atoms with E-state index in [1.165, 1.54) is 18.9 Å².